The summed E-state index contributed by atoms with van der Waals surface area (Å²) in [6.45, 7) is 6.80. The van der Waals surface area contributed by atoms with Crippen molar-refractivity contribution in [2.24, 2.45) is 5.92 Å². The Morgan fingerprint density at radius 2 is 1.91 bits per heavy atom. The number of hydrogen-bond acceptors (Lipinski definition) is 3. The molecule has 1 aromatic heterocycles. The molecule has 0 atom stereocenters. The van der Waals surface area contributed by atoms with E-state index in [4.69, 9.17) is 9.52 Å². The van der Waals surface area contributed by atoms with Crippen molar-refractivity contribution in [1.29, 1.82) is 0 Å². The van der Waals surface area contributed by atoms with Crippen molar-refractivity contribution in [1.82, 2.24) is 5.32 Å². The minimum atomic E-state index is -1.01. The van der Waals surface area contributed by atoms with E-state index in [2.05, 4.69) is 19.2 Å². The van der Waals surface area contributed by atoms with Crippen molar-refractivity contribution in [3.05, 3.63) is 23.2 Å². The van der Waals surface area contributed by atoms with Crippen molar-refractivity contribution in [2.75, 3.05) is 6.54 Å². The van der Waals surface area contributed by atoms with Gasteiger partial charge in [-0.15, -0.1) is 0 Å². The number of amides is 1. The average molecular weight is 309 g/mol. The van der Waals surface area contributed by atoms with Gasteiger partial charge in [0.05, 0.1) is 11.8 Å². The topological polar surface area (TPSA) is 79.5 Å². The molecular weight excluding hydrogens is 282 g/mol. The van der Waals surface area contributed by atoms with E-state index in [0.717, 1.165) is 18.8 Å². The van der Waals surface area contributed by atoms with Crippen LogP contribution in [0.3, 0.4) is 0 Å². The number of hydrogen-bond donors (Lipinski definition) is 2. The summed E-state index contributed by atoms with van der Waals surface area (Å²) in [4.78, 5) is 22.9. The molecule has 2 N–H and O–H groups in total. The zero-order chi connectivity index (χ0) is 16.5. The first kappa shape index (κ1) is 18.3. The van der Waals surface area contributed by atoms with Gasteiger partial charge in [0.25, 0.3) is 5.91 Å². The van der Waals surface area contributed by atoms with Crippen LogP contribution < -0.4 is 5.32 Å². The molecule has 1 heterocycles. The molecule has 1 rings (SSSR count). The molecule has 0 radical (unpaired) electrons. The van der Waals surface area contributed by atoms with Crippen molar-refractivity contribution >= 4 is 11.9 Å². The van der Waals surface area contributed by atoms with Crippen LogP contribution in [0.1, 0.15) is 67.6 Å². The van der Waals surface area contributed by atoms with Crippen LogP contribution in [0.25, 0.3) is 0 Å². The van der Waals surface area contributed by atoms with Crippen LogP contribution >= 0.6 is 0 Å². The third kappa shape index (κ3) is 6.33. The summed E-state index contributed by atoms with van der Waals surface area (Å²) in [6.07, 6.45) is 6.86. The quantitative estimate of drug-likeness (QED) is 0.648. The predicted octanol–water partition coefficient (Wildman–Crippen LogP) is 3.55. The van der Waals surface area contributed by atoms with E-state index in [1.165, 1.54) is 25.5 Å². The van der Waals surface area contributed by atoms with Gasteiger partial charge in [0, 0.05) is 12.1 Å². The first-order valence-corrected chi connectivity index (χ1v) is 7.98. The second kappa shape index (κ2) is 9.28. The Bertz CT molecular complexity index is 491. The normalized spacial score (nSPS) is 10.9. The highest BCUT2D eigenvalue weighted by Crippen LogP contribution is 2.17. The van der Waals surface area contributed by atoms with Crippen LogP contribution in [0.2, 0.25) is 0 Å². The number of aliphatic carboxylic acids is 1. The number of aryl methyl sites for hydroxylation is 1. The summed E-state index contributed by atoms with van der Waals surface area (Å²) in [5.41, 5.74) is 1.04. The van der Waals surface area contributed by atoms with Gasteiger partial charge in [-0.05, 0) is 19.3 Å². The van der Waals surface area contributed by atoms with Gasteiger partial charge < -0.3 is 14.8 Å². The van der Waals surface area contributed by atoms with E-state index in [0.29, 0.717) is 17.7 Å². The molecule has 1 aromatic rings. The number of carboxylic acid groups (broad SMARTS) is 1. The van der Waals surface area contributed by atoms with Gasteiger partial charge in [0.15, 0.2) is 0 Å². The summed E-state index contributed by atoms with van der Waals surface area (Å²) in [5, 5.41) is 11.7. The van der Waals surface area contributed by atoms with Crippen molar-refractivity contribution in [2.45, 2.75) is 59.3 Å². The van der Waals surface area contributed by atoms with Gasteiger partial charge in [-0.1, -0.05) is 39.5 Å². The molecule has 0 saturated carbocycles. The lowest BCUT2D eigenvalue weighted by Gasteiger charge is -2.07. The minimum absolute atomic E-state index is 0.222. The largest absolute Gasteiger partial charge is 0.481 e. The van der Waals surface area contributed by atoms with E-state index in [-0.39, 0.29) is 18.1 Å². The maximum absolute atomic E-state index is 12.1. The van der Waals surface area contributed by atoms with Crippen molar-refractivity contribution in [3.63, 3.8) is 0 Å². The summed E-state index contributed by atoms with van der Waals surface area (Å²) < 4.78 is 5.17. The molecule has 0 fully saturated rings. The second-order valence-corrected chi connectivity index (χ2v) is 6.14. The Hall–Kier alpha value is -1.78. The molecule has 0 aromatic carbocycles. The second-order valence-electron chi connectivity index (χ2n) is 6.14. The van der Waals surface area contributed by atoms with Gasteiger partial charge >= 0.3 is 5.97 Å². The first-order chi connectivity index (χ1) is 10.4. The lowest BCUT2D eigenvalue weighted by molar-refractivity contribution is -0.136. The number of unbranched alkanes of at least 4 members (excludes halogenated alkanes) is 3. The molecule has 5 heteroatoms. The van der Waals surface area contributed by atoms with E-state index in [1.807, 2.05) is 0 Å². The molecule has 0 aliphatic heterocycles. The third-order valence-electron chi connectivity index (χ3n) is 3.58. The number of furan rings is 1. The van der Waals surface area contributed by atoms with Crippen LogP contribution in [0.4, 0.5) is 0 Å². The summed E-state index contributed by atoms with van der Waals surface area (Å²) >= 11 is 0. The minimum Gasteiger partial charge on any atom is -0.481 e. The van der Waals surface area contributed by atoms with E-state index >= 15 is 0 Å². The molecule has 22 heavy (non-hydrogen) atoms. The highest BCUT2D eigenvalue weighted by Gasteiger charge is 2.19. The standard InChI is InChI=1S/C17H27NO4/c1-12(2)8-6-4-5-7-9-18-17(21)16-13(3)11-22-14(16)10-15(19)20/h11-12H,4-10H2,1-3H3,(H,18,21)(H,19,20). The van der Waals surface area contributed by atoms with Gasteiger partial charge in [-0.2, -0.15) is 0 Å². The fraction of sp³-hybridized carbons (Fsp3) is 0.647. The van der Waals surface area contributed by atoms with Crippen LogP contribution in [-0.4, -0.2) is 23.5 Å². The SMILES string of the molecule is Cc1coc(CC(=O)O)c1C(=O)NCCCCCCC(C)C. The highest BCUT2D eigenvalue weighted by molar-refractivity contribution is 5.97. The number of carbonyl (C=O) groups is 2. The number of carbonyl (C=O) groups excluding carboxylic acids is 1. The number of nitrogens with one attached hydrogen (secondary N) is 1. The average Bonchev–Trinajstić information content (AvgIpc) is 2.77. The van der Waals surface area contributed by atoms with Gasteiger partial charge in [0.1, 0.15) is 12.2 Å². The van der Waals surface area contributed by atoms with E-state index in [1.54, 1.807) is 6.92 Å². The fourth-order valence-corrected chi connectivity index (χ4v) is 2.39. The molecule has 0 aliphatic rings. The van der Waals surface area contributed by atoms with Gasteiger partial charge in [-0.3, -0.25) is 9.59 Å². The number of carboxylic acids is 1. The van der Waals surface area contributed by atoms with Crippen LogP contribution in [0.5, 0.6) is 0 Å². The summed E-state index contributed by atoms with van der Waals surface area (Å²) in [5.74, 6) is -0.283. The fourth-order valence-electron chi connectivity index (χ4n) is 2.39. The smallest absolute Gasteiger partial charge is 0.311 e. The Morgan fingerprint density at radius 1 is 1.23 bits per heavy atom. The first-order valence-electron chi connectivity index (χ1n) is 7.98. The Labute approximate surface area is 132 Å². The molecular formula is C17H27NO4. The molecule has 0 spiro atoms. The lowest BCUT2D eigenvalue weighted by atomic mass is 10.0. The van der Waals surface area contributed by atoms with Gasteiger partial charge in [0.2, 0.25) is 0 Å². The number of rotatable bonds is 10. The molecule has 124 valence electrons. The molecule has 0 aliphatic carbocycles. The molecule has 0 saturated heterocycles. The van der Waals surface area contributed by atoms with E-state index in [9.17, 15) is 9.59 Å². The lowest BCUT2D eigenvalue weighted by Crippen LogP contribution is -2.26. The van der Waals surface area contributed by atoms with Crippen LogP contribution in [0, 0.1) is 12.8 Å². The maximum atomic E-state index is 12.1. The van der Waals surface area contributed by atoms with Gasteiger partial charge in [-0.25, -0.2) is 0 Å². The van der Waals surface area contributed by atoms with Crippen LogP contribution in [-0.2, 0) is 11.2 Å². The molecule has 5 nitrogen and oxygen atoms in total. The zero-order valence-corrected chi connectivity index (χ0v) is 13.8. The Kier molecular flexibility index (Phi) is 7.71. The van der Waals surface area contributed by atoms with Crippen LogP contribution in [0.15, 0.2) is 10.7 Å². The zero-order valence-electron chi connectivity index (χ0n) is 13.8. The predicted molar refractivity (Wildman–Crippen MR) is 85.0 cm³/mol. The summed E-state index contributed by atoms with van der Waals surface area (Å²) in [7, 11) is 0. The highest BCUT2D eigenvalue weighted by atomic mass is 16.4. The molecule has 0 unspecified atom stereocenters. The Balaban J connectivity index is 2.34. The Morgan fingerprint density at radius 3 is 2.55 bits per heavy atom. The third-order valence-corrected chi connectivity index (χ3v) is 3.58. The molecule has 1 amide bonds. The van der Waals surface area contributed by atoms with E-state index < -0.39 is 5.97 Å². The van der Waals surface area contributed by atoms with Crippen molar-refractivity contribution in [3.8, 4) is 0 Å². The monoisotopic (exact) mass is 309 g/mol. The molecule has 0 bridgehead atoms. The van der Waals surface area contributed by atoms with Crippen molar-refractivity contribution < 1.29 is 19.1 Å². The summed E-state index contributed by atoms with van der Waals surface area (Å²) in [6, 6.07) is 0. The maximum Gasteiger partial charge on any atom is 0.311 e.